The van der Waals surface area contributed by atoms with Crippen LogP contribution >= 0.6 is 0 Å². The van der Waals surface area contributed by atoms with Crippen LogP contribution in [0.1, 0.15) is 47.4 Å². The Morgan fingerprint density at radius 3 is 2.68 bits per heavy atom. The second-order valence-electron chi connectivity index (χ2n) is 8.98. The normalized spacial score (nSPS) is 15.3. The summed E-state index contributed by atoms with van der Waals surface area (Å²) in [5.74, 6) is 0.804. The average molecular weight is 501 g/mol. The van der Waals surface area contributed by atoms with Crippen molar-refractivity contribution in [3.63, 3.8) is 0 Å². The lowest BCUT2D eigenvalue weighted by atomic mass is 10.1. The minimum absolute atomic E-state index is 0.0207. The van der Waals surface area contributed by atoms with Crippen molar-refractivity contribution < 1.29 is 19.1 Å². The Hall–Kier alpha value is -4.74. The number of esters is 1. The number of carbonyl (C=O) groups is 3. The highest BCUT2D eigenvalue weighted by Gasteiger charge is 2.28. The third-order valence-corrected chi connectivity index (χ3v) is 6.32. The number of anilines is 2. The quantitative estimate of drug-likeness (QED) is 0.247. The van der Waals surface area contributed by atoms with Gasteiger partial charge in [-0.25, -0.2) is 19.6 Å². The summed E-state index contributed by atoms with van der Waals surface area (Å²) in [5.41, 5.74) is 3.99. The van der Waals surface area contributed by atoms with E-state index in [1.165, 1.54) is 4.90 Å². The third-order valence-electron chi connectivity index (χ3n) is 6.32. The third kappa shape index (κ3) is 4.48. The van der Waals surface area contributed by atoms with Gasteiger partial charge in [0, 0.05) is 35.5 Å². The van der Waals surface area contributed by atoms with Gasteiger partial charge in [-0.05, 0) is 25.3 Å². The molecule has 1 saturated heterocycles. The first-order valence-electron chi connectivity index (χ1n) is 12.1. The standard InChI is InChI=1S/C25H24N8O4/c1-2-37-23(35)19-13-32-21(27-19)10-17(28-24(32)29-20-9-18(30-31-20)16-7-8-16)15-5-3-14(4-6-15)12-33-22(34)11-26-25(33)36/h3-6,9-10,13,16H,2,7-8,11-12H2,1H3,(H,26,36)(H2,28,29,30,31). The lowest BCUT2D eigenvalue weighted by Gasteiger charge is -2.13. The molecule has 0 atom stereocenters. The number of carbonyl (C=O) groups excluding carboxylic acids is 3. The van der Waals surface area contributed by atoms with Crippen LogP contribution in [0.15, 0.2) is 42.6 Å². The highest BCUT2D eigenvalue weighted by atomic mass is 16.5. The SMILES string of the molecule is CCOC(=O)c1cn2c(Nc3cc(C4CC4)[nH]n3)nc(-c3ccc(CN4C(=O)CNC4=O)cc3)cc2n1. The van der Waals surface area contributed by atoms with E-state index in [9.17, 15) is 14.4 Å². The van der Waals surface area contributed by atoms with Gasteiger partial charge in [-0.3, -0.25) is 19.2 Å². The fourth-order valence-corrected chi connectivity index (χ4v) is 4.23. The Morgan fingerprint density at radius 1 is 1.16 bits per heavy atom. The summed E-state index contributed by atoms with van der Waals surface area (Å²) in [4.78, 5) is 46.5. The summed E-state index contributed by atoms with van der Waals surface area (Å²) in [7, 11) is 0. The molecule has 0 bridgehead atoms. The Balaban J connectivity index is 1.33. The number of aromatic nitrogens is 5. The zero-order valence-corrected chi connectivity index (χ0v) is 20.0. The summed E-state index contributed by atoms with van der Waals surface area (Å²) >= 11 is 0. The van der Waals surface area contributed by atoms with Gasteiger partial charge in [0.05, 0.1) is 25.4 Å². The molecule has 3 N–H and O–H groups in total. The smallest absolute Gasteiger partial charge is 0.358 e. The molecular weight excluding hydrogens is 476 g/mol. The van der Waals surface area contributed by atoms with Crippen LogP contribution in [0.2, 0.25) is 0 Å². The number of ether oxygens (including phenoxy) is 1. The van der Waals surface area contributed by atoms with Crippen molar-refractivity contribution in [2.24, 2.45) is 0 Å². The minimum Gasteiger partial charge on any atom is -0.461 e. The van der Waals surface area contributed by atoms with Crippen LogP contribution in [0.5, 0.6) is 0 Å². The molecule has 3 aromatic heterocycles. The van der Waals surface area contributed by atoms with E-state index < -0.39 is 12.0 Å². The molecule has 2 fully saturated rings. The van der Waals surface area contributed by atoms with E-state index in [4.69, 9.17) is 9.72 Å². The molecule has 1 aliphatic carbocycles. The molecule has 1 aromatic carbocycles. The summed E-state index contributed by atoms with van der Waals surface area (Å²) in [5, 5.41) is 13.2. The van der Waals surface area contributed by atoms with E-state index in [2.05, 4.69) is 25.8 Å². The topological polar surface area (TPSA) is 147 Å². The van der Waals surface area contributed by atoms with E-state index in [1.54, 1.807) is 23.6 Å². The maximum atomic E-state index is 12.3. The molecule has 0 unspecified atom stereocenters. The van der Waals surface area contributed by atoms with Gasteiger partial charge >= 0.3 is 12.0 Å². The Labute approximate surface area is 211 Å². The fourth-order valence-electron chi connectivity index (χ4n) is 4.23. The van der Waals surface area contributed by atoms with Gasteiger partial charge in [-0.2, -0.15) is 5.10 Å². The summed E-state index contributed by atoms with van der Waals surface area (Å²) in [6.45, 7) is 2.20. The monoisotopic (exact) mass is 500 g/mol. The number of imide groups is 1. The number of nitrogens with zero attached hydrogens (tertiary/aromatic N) is 5. The first-order chi connectivity index (χ1) is 18.0. The predicted octanol–water partition coefficient (Wildman–Crippen LogP) is 2.97. The van der Waals surface area contributed by atoms with E-state index in [1.807, 2.05) is 30.3 Å². The number of benzene rings is 1. The van der Waals surface area contributed by atoms with E-state index in [-0.39, 0.29) is 31.3 Å². The molecule has 12 heteroatoms. The molecule has 1 aliphatic heterocycles. The molecule has 12 nitrogen and oxygen atoms in total. The minimum atomic E-state index is -0.515. The number of fused-ring (bicyclic) bond motifs is 1. The second-order valence-corrected chi connectivity index (χ2v) is 8.98. The molecule has 0 spiro atoms. The Morgan fingerprint density at radius 2 is 1.97 bits per heavy atom. The summed E-state index contributed by atoms with van der Waals surface area (Å²) in [6.07, 6.45) is 3.88. The van der Waals surface area contributed by atoms with Crippen LogP contribution < -0.4 is 10.6 Å². The van der Waals surface area contributed by atoms with Gasteiger partial charge in [0.1, 0.15) is 5.65 Å². The molecule has 188 valence electrons. The lowest BCUT2D eigenvalue weighted by Crippen LogP contribution is -2.30. The van der Waals surface area contributed by atoms with Crippen molar-refractivity contribution in [1.82, 2.24) is 34.8 Å². The first-order valence-corrected chi connectivity index (χ1v) is 12.1. The summed E-state index contributed by atoms with van der Waals surface area (Å²) < 4.78 is 6.81. The fraction of sp³-hybridized carbons (Fsp3) is 0.280. The number of rotatable bonds is 8. The molecule has 4 aromatic rings. The molecule has 0 radical (unpaired) electrons. The van der Waals surface area contributed by atoms with Crippen molar-refractivity contribution in [3.05, 3.63) is 59.5 Å². The van der Waals surface area contributed by atoms with Crippen molar-refractivity contribution >= 4 is 35.3 Å². The second kappa shape index (κ2) is 9.04. The highest BCUT2D eigenvalue weighted by molar-refractivity contribution is 6.01. The molecule has 3 amide bonds. The van der Waals surface area contributed by atoms with Crippen molar-refractivity contribution in [2.75, 3.05) is 18.5 Å². The van der Waals surface area contributed by atoms with Crippen molar-refractivity contribution in [3.8, 4) is 11.3 Å². The van der Waals surface area contributed by atoms with Gasteiger partial charge in [-0.15, -0.1) is 0 Å². The first kappa shape index (κ1) is 22.7. The highest BCUT2D eigenvalue weighted by Crippen LogP contribution is 2.39. The van der Waals surface area contributed by atoms with Crippen molar-refractivity contribution in [2.45, 2.75) is 32.2 Å². The Bertz CT molecular complexity index is 1500. The lowest BCUT2D eigenvalue weighted by molar-refractivity contribution is -0.125. The number of nitrogens with one attached hydrogen (secondary N) is 3. The molecule has 6 rings (SSSR count). The number of hydrogen-bond acceptors (Lipinski definition) is 8. The largest absolute Gasteiger partial charge is 0.461 e. The van der Waals surface area contributed by atoms with Crippen LogP contribution in [-0.2, 0) is 16.1 Å². The zero-order chi connectivity index (χ0) is 25.5. The average Bonchev–Trinajstić information content (AvgIpc) is 3.34. The number of H-pyrrole nitrogens is 1. The van der Waals surface area contributed by atoms with E-state index >= 15 is 0 Å². The molecular formula is C25H24N8O4. The van der Waals surface area contributed by atoms with Gasteiger partial charge in [0.15, 0.2) is 11.5 Å². The maximum Gasteiger partial charge on any atom is 0.358 e. The Kier molecular flexibility index (Phi) is 5.55. The molecule has 2 aliphatic rings. The maximum absolute atomic E-state index is 12.3. The van der Waals surface area contributed by atoms with E-state index in [0.29, 0.717) is 29.0 Å². The number of hydrogen-bond donors (Lipinski definition) is 3. The zero-order valence-electron chi connectivity index (χ0n) is 20.0. The van der Waals surface area contributed by atoms with Crippen molar-refractivity contribution in [1.29, 1.82) is 0 Å². The predicted molar refractivity (Wildman–Crippen MR) is 132 cm³/mol. The van der Waals surface area contributed by atoms with Crippen LogP contribution in [0, 0.1) is 0 Å². The molecule has 1 saturated carbocycles. The van der Waals surface area contributed by atoms with Crippen LogP contribution in [0.25, 0.3) is 16.9 Å². The van der Waals surface area contributed by atoms with Crippen LogP contribution in [-0.4, -0.2) is 60.5 Å². The van der Waals surface area contributed by atoms with Crippen LogP contribution in [0.4, 0.5) is 16.6 Å². The number of urea groups is 1. The summed E-state index contributed by atoms with van der Waals surface area (Å²) in [6, 6.07) is 10.8. The van der Waals surface area contributed by atoms with Gasteiger partial charge < -0.3 is 15.4 Å². The molecule has 4 heterocycles. The van der Waals surface area contributed by atoms with Gasteiger partial charge in [0.2, 0.25) is 11.9 Å². The molecule has 37 heavy (non-hydrogen) atoms. The van der Waals surface area contributed by atoms with E-state index in [0.717, 1.165) is 29.7 Å². The number of imidazole rings is 1. The number of aromatic amines is 1. The van der Waals surface area contributed by atoms with Crippen LogP contribution in [0.3, 0.4) is 0 Å². The van der Waals surface area contributed by atoms with Gasteiger partial charge in [-0.1, -0.05) is 24.3 Å². The number of amides is 3. The van der Waals surface area contributed by atoms with Gasteiger partial charge in [0.25, 0.3) is 0 Å².